The lowest BCUT2D eigenvalue weighted by Gasteiger charge is -2.10. The molecule has 0 aliphatic heterocycles. The molecule has 0 aromatic heterocycles. The van der Waals surface area contributed by atoms with Crippen LogP contribution in [0.5, 0.6) is 0 Å². The maximum Gasteiger partial charge on any atom is 0.231 e. The lowest BCUT2D eigenvalue weighted by Crippen LogP contribution is -2.17. The van der Waals surface area contributed by atoms with Gasteiger partial charge in [-0.2, -0.15) is 0 Å². The van der Waals surface area contributed by atoms with Crippen molar-refractivity contribution in [2.45, 2.75) is 23.6 Å². The minimum absolute atomic E-state index is 0.0196. The number of rotatable bonds is 6. The first-order valence-corrected chi connectivity index (χ1v) is 11.7. The summed E-state index contributed by atoms with van der Waals surface area (Å²) in [5.74, 6) is -3.11. The zero-order valence-corrected chi connectivity index (χ0v) is 20.7. The smallest absolute Gasteiger partial charge is 0.231 e. The molecule has 1 N–H and O–H groups in total. The molecule has 0 heterocycles. The highest BCUT2D eigenvalue weighted by atomic mass is 35.5. The van der Waals surface area contributed by atoms with Gasteiger partial charge >= 0.3 is 0 Å². The van der Waals surface area contributed by atoms with E-state index < -0.39 is 27.9 Å². The van der Waals surface area contributed by atoms with E-state index in [4.69, 9.17) is 46.4 Å². The van der Waals surface area contributed by atoms with Gasteiger partial charge in [-0.3, -0.25) is 9.59 Å². The van der Waals surface area contributed by atoms with Crippen molar-refractivity contribution in [3.8, 4) is 0 Å². The molecule has 3 nitrogen and oxygen atoms in total. The number of anilines is 1. The van der Waals surface area contributed by atoms with Gasteiger partial charge in [-0.15, -0.1) is 23.2 Å². The average molecular weight is 543 g/mol. The molecule has 34 heavy (non-hydrogen) atoms. The number of ketones is 1. The molecule has 9 heteroatoms. The summed E-state index contributed by atoms with van der Waals surface area (Å²) in [4.78, 5) is 25.8. The van der Waals surface area contributed by atoms with E-state index in [9.17, 15) is 18.4 Å². The van der Waals surface area contributed by atoms with E-state index in [1.54, 1.807) is 19.1 Å². The number of hydrogen-bond acceptors (Lipinski definition) is 2. The molecule has 2 unspecified atom stereocenters. The first kappa shape index (κ1) is 24.9. The van der Waals surface area contributed by atoms with Crippen LogP contribution in [0.15, 0.2) is 54.6 Å². The zero-order chi connectivity index (χ0) is 24.8. The fraction of sp³-hybridized carbons (Fsp3) is 0.200. The molecule has 1 aliphatic carbocycles. The number of nitrogens with one attached hydrogen (secondary N) is 1. The van der Waals surface area contributed by atoms with Crippen LogP contribution in [0.1, 0.15) is 33.0 Å². The third kappa shape index (κ3) is 4.94. The maximum absolute atomic E-state index is 13.5. The number of amides is 1. The monoisotopic (exact) mass is 541 g/mol. The molecule has 0 spiro atoms. The van der Waals surface area contributed by atoms with Gasteiger partial charge in [-0.05, 0) is 66.1 Å². The predicted octanol–water partition coefficient (Wildman–Crippen LogP) is 7.53. The van der Waals surface area contributed by atoms with Gasteiger partial charge in [0.15, 0.2) is 5.78 Å². The molecule has 2 atom stereocenters. The van der Waals surface area contributed by atoms with Crippen LogP contribution in [-0.2, 0) is 11.2 Å². The van der Waals surface area contributed by atoms with Crippen LogP contribution in [-0.4, -0.2) is 16.0 Å². The number of carbonyl (C=O) groups is 2. The van der Waals surface area contributed by atoms with E-state index in [-0.39, 0.29) is 33.6 Å². The van der Waals surface area contributed by atoms with Crippen LogP contribution in [0.4, 0.5) is 14.5 Å². The van der Waals surface area contributed by atoms with E-state index in [0.717, 1.165) is 0 Å². The Labute approximate surface area is 215 Å². The van der Waals surface area contributed by atoms with E-state index in [0.29, 0.717) is 22.4 Å². The third-order valence-electron chi connectivity index (χ3n) is 5.83. The van der Waals surface area contributed by atoms with E-state index in [2.05, 4.69) is 5.32 Å². The van der Waals surface area contributed by atoms with Crippen LogP contribution >= 0.6 is 46.4 Å². The van der Waals surface area contributed by atoms with E-state index in [1.807, 2.05) is 0 Å². The van der Waals surface area contributed by atoms with Gasteiger partial charge in [0.05, 0.1) is 16.0 Å². The molecular formula is C25H17Cl4F2NO2. The normalized spacial score (nSPS) is 18.4. The summed E-state index contributed by atoms with van der Waals surface area (Å²) in [6.45, 7) is 1.72. The number of aryl methyl sites for hydroxylation is 1. The van der Waals surface area contributed by atoms with Crippen LogP contribution in [0.3, 0.4) is 0 Å². The van der Waals surface area contributed by atoms with Gasteiger partial charge in [0.2, 0.25) is 5.91 Å². The Morgan fingerprint density at radius 3 is 2.38 bits per heavy atom. The number of carbonyl (C=O) groups excluding carboxylic acids is 2. The van der Waals surface area contributed by atoms with E-state index >= 15 is 0 Å². The molecule has 3 aromatic carbocycles. The summed E-state index contributed by atoms with van der Waals surface area (Å²) >= 11 is 24.8. The third-order valence-corrected chi connectivity index (χ3v) is 7.39. The van der Waals surface area contributed by atoms with Crippen molar-refractivity contribution < 1.29 is 18.4 Å². The van der Waals surface area contributed by atoms with Crippen LogP contribution in [0, 0.1) is 24.5 Å². The second kappa shape index (κ2) is 9.46. The second-order valence-electron chi connectivity index (χ2n) is 8.16. The average Bonchev–Trinajstić information content (AvgIpc) is 3.35. The molecular weight excluding hydrogens is 526 g/mol. The van der Waals surface area contributed by atoms with Crippen molar-refractivity contribution in [3.05, 3.63) is 98.5 Å². The fourth-order valence-corrected chi connectivity index (χ4v) is 5.18. The van der Waals surface area contributed by atoms with Gasteiger partial charge in [0.1, 0.15) is 16.0 Å². The minimum atomic E-state index is -1.39. The first-order chi connectivity index (χ1) is 16.0. The molecule has 3 aromatic rings. The summed E-state index contributed by atoms with van der Waals surface area (Å²) in [6.07, 6.45) is 0.0196. The molecule has 0 bridgehead atoms. The summed E-state index contributed by atoms with van der Waals surface area (Å²) in [6, 6.07) is 12.8. The Morgan fingerprint density at radius 1 is 0.971 bits per heavy atom. The van der Waals surface area contributed by atoms with Gasteiger partial charge in [0.25, 0.3) is 0 Å². The van der Waals surface area contributed by atoms with E-state index in [1.165, 1.54) is 42.5 Å². The fourth-order valence-electron chi connectivity index (χ4n) is 3.94. The van der Waals surface area contributed by atoms with Crippen molar-refractivity contribution in [3.63, 3.8) is 0 Å². The van der Waals surface area contributed by atoms with Crippen molar-refractivity contribution in [1.29, 1.82) is 0 Å². The maximum atomic E-state index is 13.5. The summed E-state index contributed by atoms with van der Waals surface area (Å²) in [5, 5.41) is 2.84. The first-order valence-electron chi connectivity index (χ1n) is 10.2. The number of hydrogen-bond donors (Lipinski definition) is 1. The molecule has 1 amide bonds. The molecule has 1 fully saturated rings. The molecule has 4 rings (SSSR count). The quantitative estimate of drug-likeness (QED) is 0.258. The van der Waals surface area contributed by atoms with Crippen molar-refractivity contribution >= 4 is 63.8 Å². The van der Waals surface area contributed by atoms with Crippen molar-refractivity contribution in [1.82, 2.24) is 0 Å². The molecule has 176 valence electrons. The van der Waals surface area contributed by atoms with Crippen molar-refractivity contribution in [2.75, 3.05) is 5.32 Å². The molecule has 1 saturated carbocycles. The predicted molar refractivity (Wildman–Crippen MR) is 131 cm³/mol. The number of halogens is 6. The van der Waals surface area contributed by atoms with Gasteiger partial charge in [-0.25, -0.2) is 8.78 Å². The molecule has 0 radical (unpaired) electrons. The Hall–Kier alpha value is -2.18. The Kier molecular flexibility index (Phi) is 6.94. The lowest BCUT2D eigenvalue weighted by molar-refractivity contribution is -0.117. The topological polar surface area (TPSA) is 46.2 Å². The van der Waals surface area contributed by atoms with Crippen molar-refractivity contribution in [2.24, 2.45) is 5.92 Å². The lowest BCUT2D eigenvalue weighted by atomic mass is 9.99. The van der Waals surface area contributed by atoms with Gasteiger partial charge < -0.3 is 5.32 Å². The SMILES string of the molecule is Cc1cc(F)ccc1CC(=O)c1cc(NC(=O)C2C(c3ccc(F)c(Cl)c3)C2(Cl)Cl)ccc1Cl. The Balaban J connectivity index is 1.51. The minimum Gasteiger partial charge on any atom is -0.326 e. The van der Waals surface area contributed by atoms with Gasteiger partial charge in [-0.1, -0.05) is 35.3 Å². The molecule has 1 aliphatic rings. The number of alkyl halides is 2. The number of Topliss-reactive ketones (excluding diaryl/α,β-unsaturated/α-hetero) is 1. The van der Waals surface area contributed by atoms with Crippen LogP contribution in [0.2, 0.25) is 10.0 Å². The van der Waals surface area contributed by atoms with Crippen LogP contribution < -0.4 is 5.32 Å². The summed E-state index contributed by atoms with van der Waals surface area (Å²) < 4.78 is 25.5. The highest BCUT2D eigenvalue weighted by Crippen LogP contribution is 2.65. The highest BCUT2D eigenvalue weighted by molar-refractivity contribution is 6.53. The van der Waals surface area contributed by atoms with Crippen LogP contribution in [0.25, 0.3) is 0 Å². The van der Waals surface area contributed by atoms with Gasteiger partial charge in [0, 0.05) is 23.6 Å². The standard InChI is InChI=1S/C25H17Cl4F2NO2/c1-12-8-15(30)4-2-13(12)10-21(33)17-11-16(5-6-18(17)26)32-24(34)23-22(25(23,28)29)14-3-7-20(31)19(27)9-14/h2-9,11,22-23H,10H2,1H3,(H,32,34). The zero-order valence-electron chi connectivity index (χ0n) is 17.6. The Bertz CT molecular complexity index is 1310. The number of benzene rings is 3. The summed E-state index contributed by atoms with van der Waals surface area (Å²) in [5.41, 5.74) is 2.41. The molecule has 0 saturated heterocycles. The second-order valence-corrected chi connectivity index (χ2v) is 10.4. The summed E-state index contributed by atoms with van der Waals surface area (Å²) in [7, 11) is 0. The largest absolute Gasteiger partial charge is 0.326 e. The Morgan fingerprint density at radius 2 is 1.71 bits per heavy atom. The highest BCUT2D eigenvalue weighted by Gasteiger charge is 2.67.